The fourth-order valence-corrected chi connectivity index (χ4v) is 2.57. The molecule has 3 heteroatoms. The third kappa shape index (κ3) is 2.03. The highest BCUT2D eigenvalue weighted by Crippen LogP contribution is 2.35. The van der Waals surface area contributed by atoms with E-state index in [9.17, 15) is 4.79 Å². The second-order valence-corrected chi connectivity index (χ2v) is 4.66. The molecule has 1 saturated heterocycles. The van der Waals surface area contributed by atoms with E-state index in [1.54, 1.807) is 0 Å². The van der Waals surface area contributed by atoms with Gasteiger partial charge in [0.05, 0.1) is 12.0 Å². The first-order chi connectivity index (χ1) is 9.27. The maximum absolute atomic E-state index is 11.8. The van der Waals surface area contributed by atoms with E-state index >= 15 is 0 Å². The van der Waals surface area contributed by atoms with Crippen molar-refractivity contribution in [2.24, 2.45) is 0 Å². The molecule has 1 fully saturated rings. The molecule has 0 radical (unpaired) electrons. The number of carbonyl (C=O) groups excluding carboxylic acids is 1. The van der Waals surface area contributed by atoms with E-state index in [2.05, 4.69) is 5.32 Å². The molecule has 1 heterocycles. The Kier molecular flexibility index (Phi) is 2.88. The minimum atomic E-state index is -0.275. The Morgan fingerprint density at radius 1 is 0.842 bits per heavy atom. The normalized spacial score (nSPS) is 22.3. The minimum absolute atomic E-state index is 0.139. The van der Waals surface area contributed by atoms with Crippen LogP contribution in [-0.2, 0) is 4.79 Å². The van der Waals surface area contributed by atoms with Crippen LogP contribution in [0.2, 0.25) is 0 Å². The molecule has 2 aromatic rings. The summed E-state index contributed by atoms with van der Waals surface area (Å²) in [5.41, 5.74) is 2.17. The van der Waals surface area contributed by atoms with Gasteiger partial charge in [-0.3, -0.25) is 10.2 Å². The van der Waals surface area contributed by atoms with Gasteiger partial charge >= 0.3 is 0 Å². The van der Waals surface area contributed by atoms with Gasteiger partial charge in [-0.15, -0.1) is 0 Å². The number of carbonyl (C=O) groups is 1. The van der Waals surface area contributed by atoms with Crippen molar-refractivity contribution in [3.8, 4) is 0 Å². The Morgan fingerprint density at radius 2 is 1.37 bits per heavy atom. The maximum Gasteiger partial charge on any atom is 0.266 e. The third-order valence-electron chi connectivity index (χ3n) is 3.49. The molecule has 2 atom stereocenters. The van der Waals surface area contributed by atoms with Crippen LogP contribution in [0.5, 0.6) is 0 Å². The molecule has 2 aromatic carbocycles. The zero-order valence-corrected chi connectivity index (χ0v) is 10.3. The summed E-state index contributed by atoms with van der Waals surface area (Å²) < 4.78 is 0. The Morgan fingerprint density at radius 3 is 1.95 bits per heavy atom. The van der Waals surface area contributed by atoms with Crippen LogP contribution < -0.4 is 5.32 Å². The van der Waals surface area contributed by atoms with Crippen LogP contribution in [0.1, 0.15) is 23.1 Å². The van der Waals surface area contributed by atoms with Crippen LogP contribution in [-0.4, -0.2) is 11.6 Å². The molecule has 0 saturated carbocycles. The van der Waals surface area contributed by atoms with Crippen LogP contribution in [0.15, 0.2) is 60.7 Å². The molecule has 3 nitrogen and oxygen atoms in total. The molecule has 0 bridgehead atoms. The average Bonchev–Trinajstić information content (AvgIpc) is 2.77. The summed E-state index contributed by atoms with van der Waals surface area (Å²) in [6, 6.07) is 19.4. The fourth-order valence-electron chi connectivity index (χ4n) is 2.57. The Hall–Kier alpha value is -2.42. The summed E-state index contributed by atoms with van der Waals surface area (Å²) in [6.07, 6.45) is 0. The Bertz CT molecular complexity index is 607. The van der Waals surface area contributed by atoms with Gasteiger partial charge in [0.1, 0.15) is 5.71 Å². The molecule has 2 N–H and O–H groups in total. The number of nitrogens with one attached hydrogen (secondary N) is 2. The summed E-state index contributed by atoms with van der Waals surface area (Å²) in [5, 5.41) is 10.9. The van der Waals surface area contributed by atoms with Crippen molar-refractivity contribution in [1.29, 1.82) is 5.41 Å². The molecular weight excluding hydrogens is 236 g/mol. The van der Waals surface area contributed by atoms with Crippen molar-refractivity contribution < 1.29 is 4.79 Å². The quantitative estimate of drug-likeness (QED) is 0.846. The molecule has 0 spiro atoms. The van der Waals surface area contributed by atoms with Crippen LogP contribution in [0.25, 0.3) is 0 Å². The van der Waals surface area contributed by atoms with E-state index in [4.69, 9.17) is 5.41 Å². The molecular formula is C16H14N2O. The lowest BCUT2D eigenvalue weighted by molar-refractivity contribution is -0.114. The van der Waals surface area contributed by atoms with Gasteiger partial charge in [-0.1, -0.05) is 60.7 Å². The maximum atomic E-state index is 11.8. The lowest BCUT2D eigenvalue weighted by atomic mass is 9.87. The van der Waals surface area contributed by atoms with E-state index in [1.807, 2.05) is 60.7 Å². The zero-order valence-electron chi connectivity index (χ0n) is 10.3. The summed E-state index contributed by atoms with van der Waals surface area (Å²) in [4.78, 5) is 11.8. The predicted octanol–water partition coefficient (Wildman–Crippen LogP) is 2.66. The second-order valence-electron chi connectivity index (χ2n) is 4.66. The molecule has 1 aliphatic rings. The summed E-state index contributed by atoms with van der Waals surface area (Å²) in [5.74, 6) is -0.487. The van der Waals surface area contributed by atoms with E-state index in [0.29, 0.717) is 0 Å². The zero-order chi connectivity index (χ0) is 13.2. The first-order valence-corrected chi connectivity index (χ1v) is 6.26. The van der Waals surface area contributed by atoms with E-state index in [1.165, 1.54) is 0 Å². The fraction of sp³-hybridized carbons (Fsp3) is 0.125. The smallest absolute Gasteiger partial charge is 0.266 e. The molecule has 0 aromatic heterocycles. The van der Waals surface area contributed by atoms with Crippen molar-refractivity contribution in [3.63, 3.8) is 0 Å². The Balaban J connectivity index is 2.04. The van der Waals surface area contributed by atoms with Crippen molar-refractivity contribution in [3.05, 3.63) is 71.8 Å². The largest absolute Gasteiger partial charge is 0.343 e. The molecule has 1 amide bonds. The van der Waals surface area contributed by atoms with Gasteiger partial charge in [-0.25, -0.2) is 0 Å². The van der Waals surface area contributed by atoms with Gasteiger partial charge in [-0.2, -0.15) is 0 Å². The van der Waals surface area contributed by atoms with E-state index in [-0.39, 0.29) is 23.6 Å². The van der Waals surface area contributed by atoms with E-state index in [0.717, 1.165) is 11.1 Å². The highest BCUT2D eigenvalue weighted by Gasteiger charge is 2.39. The lowest BCUT2D eigenvalue weighted by Gasteiger charge is -2.19. The van der Waals surface area contributed by atoms with Gasteiger partial charge in [0.2, 0.25) is 0 Å². The van der Waals surface area contributed by atoms with Crippen molar-refractivity contribution in [2.45, 2.75) is 12.0 Å². The Labute approximate surface area is 111 Å². The molecule has 3 rings (SSSR count). The number of benzene rings is 2. The molecule has 1 aliphatic heterocycles. The van der Waals surface area contributed by atoms with Crippen LogP contribution in [0.3, 0.4) is 0 Å². The van der Waals surface area contributed by atoms with Crippen molar-refractivity contribution in [1.82, 2.24) is 5.32 Å². The standard InChI is InChI=1S/C16H14N2O/c17-14-13(11-7-3-1-4-8-11)15(18-16(14)19)12-9-5-2-6-10-12/h1-10,13,15,17H,(H,18,19). The number of hydrogen-bond donors (Lipinski definition) is 2. The first-order valence-electron chi connectivity index (χ1n) is 6.26. The van der Waals surface area contributed by atoms with Crippen molar-refractivity contribution in [2.75, 3.05) is 0 Å². The molecule has 19 heavy (non-hydrogen) atoms. The number of hydrogen-bond acceptors (Lipinski definition) is 2. The van der Waals surface area contributed by atoms with Gasteiger partial charge in [0.15, 0.2) is 0 Å². The summed E-state index contributed by atoms with van der Waals surface area (Å²) >= 11 is 0. The van der Waals surface area contributed by atoms with Gasteiger partial charge in [-0.05, 0) is 11.1 Å². The number of rotatable bonds is 2. The average molecular weight is 250 g/mol. The lowest BCUT2D eigenvalue weighted by Crippen LogP contribution is -2.21. The summed E-state index contributed by atoms with van der Waals surface area (Å²) in [7, 11) is 0. The second kappa shape index (κ2) is 4.69. The van der Waals surface area contributed by atoms with Crippen molar-refractivity contribution >= 4 is 11.6 Å². The molecule has 0 aliphatic carbocycles. The predicted molar refractivity (Wildman–Crippen MR) is 74.2 cm³/mol. The van der Waals surface area contributed by atoms with E-state index < -0.39 is 0 Å². The highest BCUT2D eigenvalue weighted by atomic mass is 16.2. The highest BCUT2D eigenvalue weighted by molar-refractivity contribution is 6.42. The first kappa shape index (κ1) is 11.7. The monoisotopic (exact) mass is 250 g/mol. The minimum Gasteiger partial charge on any atom is -0.343 e. The van der Waals surface area contributed by atoms with Crippen LogP contribution >= 0.6 is 0 Å². The molecule has 2 unspecified atom stereocenters. The van der Waals surface area contributed by atoms with Crippen LogP contribution in [0.4, 0.5) is 0 Å². The number of amides is 1. The van der Waals surface area contributed by atoms with Crippen LogP contribution in [0, 0.1) is 5.41 Å². The van der Waals surface area contributed by atoms with Gasteiger partial charge in [0.25, 0.3) is 5.91 Å². The third-order valence-corrected chi connectivity index (χ3v) is 3.49. The SMILES string of the molecule is N=C1C(=O)NC(c2ccccc2)C1c1ccccc1. The summed E-state index contributed by atoms with van der Waals surface area (Å²) in [6.45, 7) is 0. The topological polar surface area (TPSA) is 53.0 Å². The van der Waals surface area contributed by atoms with Gasteiger partial charge < -0.3 is 5.32 Å². The van der Waals surface area contributed by atoms with Gasteiger partial charge in [0, 0.05) is 0 Å². The molecule has 94 valence electrons.